The molecule has 0 aliphatic rings. The summed E-state index contributed by atoms with van der Waals surface area (Å²) in [5, 5.41) is 17.8. The fraction of sp³-hybridized carbons (Fsp3) is 0. The highest BCUT2D eigenvalue weighted by Gasteiger charge is 2.18. The van der Waals surface area contributed by atoms with Gasteiger partial charge >= 0.3 is 0 Å². The van der Waals surface area contributed by atoms with Crippen molar-refractivity contribution in [3.05, 3.63) is 218 Å². The zero-order valence-corrected chi connectivity index (χ0v) is 33.7. The zero-order chi connectivity index (χ0) is 40.5. The lowest BCUT2D eigenvalue weighted by atomic mass is 9.89. The number of nitrogens with zero attached hydrogens (tertiary/aromatic N) is 2. The summed E-state index contributed by atoms with van der Waals surface area (Å²) in [6, 6.07) is 81.2. The maximum absolute atomic E-state index is 2.43. The van der Waals surface area contributed by atoms with Gasteiger partial charge in [-0.2, -0.15) is 0 Å². The van der Waals surface area contributed by atoms with Gasteiger partial charge in [0.25, 0.3) is 0 Å². The van der Waals surface area contributed by atoms with Crippen molar-refractivity contribution in [3.63, 3.8) is 0 Å². The molecule has 0 amide bonds. The monoisotopic (exact) mass is 784 g/mol. The lowest BCUT2D eigenvalue weighted by molar-refractivity contribution is 1.18. The van der Waals surface area contributed by atoms with Crippen molar-refractivity contribution in [2.24, 2.45) is 0 Å². The summed E-state index contributed by atoms with van der Waals surface area (Å²) in [4.78, 5) is 0. The van der Waals surface area contributed by atoms with Gasteiger partial charge in [0.15, 0.2) is 0 Å². The lowest BCUT2D eigenvalue weighted by Crippen LogP contribution is -1.94. The highest BCUT2D eigenvalue weighted by atomic mass is 15.0. The highest BCUT2D eigenvalue weighted by molar-refractivity contribution is 6.25. The molecular weight excluding hydrogens is 749 g/mol. The van der Waals surface area contributed by atoms with Gasteiger partial charge in [0.2, 0.25) is 0 Å². The molecule has 2 heteroatoms. The van der Waals surface area contributed by atoms with Gasteiger partial charge in [-0.3, -0.25) is 0 Å². The fourth-order valence-electron chi connectivity index (χ4n) is 10.6. The van der Waals surface area contributed by atoms with Crippen LogP contribution in [-0.4, -0.2) is 9.13 Å². The SMILES string of the molecule is c1ccc(-n2c3cc(-c4cc5ccc6cc(-c7ccc8c9cc%10ccccc%10cc9n(-c9ccccc9)c8c7)cc7ccc(c4)c5c67)ccc3c3cc4ccccc4cc32)cc1. The molecule has 0 saturated carbocycles. The molecule has 2 nitrogen and oxygen atoms in total. The first-order valence-corrected chi connectivity index (χ1v) is 21.5. The number of fused-ring (bicyclic) bond motifs is 8. The lowest BCUT2D eigenvalue weighted by Gasteiger charge is -2.15. The topological polar surface area (TPSA) is 9.86 Å². The van der Waals surface area contributed by atoms with E-state index in [0.717, 1.165) is 0 Å². The minimum Gasteiger partial charge on any atom is -0.309 e. The van der Waals surface area contributed by atoms with Crippen LogP contribution in [0.2, 0.25) is 0 Å². The van der Waals surface area contributed by atoms with Gasteiger partial charge < -0.3 is 9.13 Å². The maximum Gasteiger partial charge on any atom is 0.0547 e. The van der Waals surface area contributed by atoms with E-state index in [4.69, 9.17) is 0 Å². The number of hydrogen-bond acceptors (Lipinski definition) is 0. The molecule has 0 N–H and O–H groups in total. The van der Waals surface area contributed by atoms with Gasteiger partial charge in [-0.25, -0.2) is 0 Å². The number of para-hydroxylation sites is 2. The van der Waals surface area contributed by atoms with Crippen molar-refractivity contribution in [2.75, 3.05) is 0 Å². The molecule has 0 fully saturated rings. The van der Waals surface area contributed by atoms with Gasteiger partial charge in [-0.15, -0.1) is 0 Å². The molecule has 0 radical (unpaired) electrons. The van der Waals surface area contributed by atoms with E-state index in [-0.39, 0.29) is 0 Å². The molecule has 0 atom stereocenters. The first-order chi connectivity index (χ1) is 30.7. The summed E-state index contributed by atoms with van der Waals surface area (Å²) in [7, 11) is 0. The predicted octanol–water partition coefficient (Wildman–Crippen LogP) is 16.4. The van der Waals surface area contributed by atoms with Crippen molar-refractivity contribution < 1.29 is 0 Å². The molecule has 286 valence electrons. The Bertz CT molecular complexity index is 3800. The summed E-state index contributed by atoms with van der Waals surface area (Å²) in [6.45, 7) is 0. The Labute approximate surface area is 357 Å². The summed E-state index contributed by atoms with van der Waals surface area (Å²) in [6.07, 6.45) is 0. The van der Waals surface area contributed by atoms with Crippen LogP contribution in [0.4, 0.5) is 0 Å². The standard InChI is InChI=1S/C60H36N2/c1-3-15-49(16-4-1)61-55-35-41(23-25-51(55)53-31-37-11-7-9-13-39(37)33-57(53)61)47-27-43-19-21-45-29-48(30-46-22-20-44(28-47)59(43)60(45)46)42-24-26-52-54-32-38-12-8-10-14-40(38)34-58(54)62(56(52)36-42)50-17-5-2-6-18-50/h1-36H. The maximum atomic E-state index is 2.43. The molecule has 2 aromatic heterocycles. The van der Waals surface area contributed by atoms with Crippen molar-refractivity contribution >= 4 is 97.5 Å². The van der Waals surface area contributed by atoms with Crippen LogP contribution >= 0.6 is 0 Å². The Morgan fingerprint density at radius 2 is 0.548 bits per heavy atom. The van der Waals surface area contributed by atoms with E-state index in [1.54, 1.807) is 0 Å². The smallest absolute Gasteiger partial charge is 0.0547 e. The second kappa shape index (κ2) is 12.7. The normalized spacial score (nSPS) is 12.2. The molecule has 14 aromatic rings. The van der Waals surface area contributed by atoms with Crippen LogP contribution < -0.4 is 0 Å². The third-order valence-corrected chi connectivity index (χ3v) is 13.5. The zero-order valence-electron chi connectivity index (χ0n) is 33.7. The van der Waals surface area contributed by atoms with Crippen LogP contribution in [0.5, 0.6) is 0 Å². The second-order valence-electron chi connectivity index (χ2n) is 17.0. The molecule has 0 saturated heterocycles. The van der Waals surface area contributed by atoms with Crippen molar-refractivity contribution in [3.8, 4) is 33.6 Å². The second-order valence-corrected chi connectivity index (χ2v) is 17.0. The largest absolute Gasteiger partial charge is 0.309 e. The summed E-state index contributed by atoms with van der Waals surface area (Å²) < 4.78 is 4.87. The van der Waals surface area contributed by atoms with E-state index in [2.05, 4.69) is 228 Å². The number of aromatic nitrogens is 2. The van der Waals surface area contributed by atoms with Crippen molar-refractivity contribution in [2.45, 2.75) is 0 Å². The van der Waals surface area contributed by atoms with Gasteiger partial charge in [-0.05, 0) is 161 Å². The van der Waals surface area contributed by atoms with Crippen LogP contribution in [0.1, 0.15) is 0 Å². The van der Waals surface area contributed by atoms with E-state index in [0.29, 0.717) is 0 Å². The highest BCUT2D eigenvalue weighted by Crippen LogP contribution is 2.43. The van der Waals surface area contributed by atoms with Gasteiger partial charge in [0, 0.05) is 32.9 Å². The Balaban J connectivity index is 0.918. The van der Waals surface area contributed by atoms with Gasteiger partial charge in [0.1, 0.15) is 0 Å². The summed E-state index contributed by atoms with van der Waals surface area (Å²) >= 11 is 0. The minimum atomic E-state index is 1.17. The average Bonchev–Trinajstić information content (AvgIpc) is 3.82. The van der Waals surface area contributed by atoms with Crippen LogP contribution in [0, 0.1) is 0 Å². The summed E-state index contributed by atoms with van der Waals surface area (Å²) in [5.74, 6) is 0. The molecule has 2 heterocycles. The van der Waals surface area contributed by atoms with Crippen molar-refractivity contribution in [1.82, 2.24) is 9.13 Å². The molecule has 0 aliphatic heterocycles. The molecule has 14 rings (SSSR count). The molecule has 62 heavy (non-hydrogen) atoms. The Kier molecular flexibility index (Phi) is 6.86. The van der Waals surface area contributed by atoms with Crippen LogP contribution in [0.3, 0.4) is 0 Å². The van der Waals surface area contributed by atoms with Crippen LogP contribution in [0.15, 0.2) is 218 Å². The quantitative estimate of drug-likeness (QED) is 0.157. The number of rotatable bonds is 4. The Hall–Kier alpha value is -8.20. The van der Waals surface area contributed by atoms with E-state index in [1.165, 1.54) is 131 Å². The first kappa shape index (κ1) is 33.6. The van der Waals surface area contributed by atoms with Crippen molar-refractivity contribution in [1.29, 1.82) is 0 Å². The molecule has 0 bridgehead atoms. The predicted molar refractivity (Wildman–Crippen MR) is 265 cm³/mol. The third-order valence-electron chi connectivity index (χ3n) is 13.5. The van der Waals surface area contributed by atoms with E-state index >= 15 is 0 Å². The van der Waals surface area contributed by atoms with Gasteiger partial charge in [-0.1, -0.05) is 133 Å². The Morgan fingerprint density at radius 1 is 0.210 bits per heavy atom. The molecule has 0 aliphatic carbocycles. The van der Waals surface area contributed by atoms with E-state index in [9.17, 15) is 0 Å². The van der Waals surface area contributed by atoms with E-state index < -0.39 is 0 Å². The van der Waals surface area contributed by atoms with Crippen LogP contribution in [0.25, 0.3) is 131 Å². The molecular formula is C60H36N2. The summed E-state index contributed by atoms with van der Waals surface area (Å²) in [5.41, 5.74) is 12.1. The molecule has 0 unspecified atom stereocenters. The van der Waals surface area contributed by atoms with Crippen LogP contribution in [-0.2, 0) is 0 Å². The van der Waals surface area contributed by atoms with E-state index in [1.807, 2.05) is 0 Å². The fourth-order valence-corrected chi connectivity index (χ4v) is 10.6. The Morgan fingerprint density at radius 3 is 0.935 bits per heavy atom. The first-order valence-electron chi connectivity index (χ1n) is 21.5. The third kappa shape index (κ3) is 4.86. The number of hydrogen-bond donors (Lipinski definition) is 0. The molecule has 12 aromatic carbocycles. The number of benzene rings is 12. The average molecular weight is 785 g/mol. The molecule has 0 spiro atoms. The minimum absolute atomic E-state index is 1.17. The van der Waals surface area contributed by atoms with Gasteiger partial charge in [0.05, 0.1) is 22.1 Å².